The first kappa shape index (κ1) is 12.0. The van der Waals surface area contributed by atoms with E-state index >= 15 is 0 Å². The number of hydrogen-bond donors (Lipinski definition) is 0. The molecule has 84 valence electrons. The van der Waals surface area contributed by atoms with E-state index in [1.165, 1.54) is 6.92 Å². The standard InChI is InChI=1S/C9H9F3O2S/c1-6-4-8(10)7(9(11)5-6)2-3-15(12,13)14/h4-5H,2-3H2,1H3. The fourth-order valence-electron chi connectivity index (χ4n) is 1.19. The van der Waals surface area contributed by atoms with E-state index in [-0.39, 0.29) is 0 Å². The van der Waals surface area contributed by atoms with E-state index < -0.39 is 39.6 Å². The van der Waals surface area contributed by atoms with Crippen LogP contribution >= 0.6 is 0 Å². The van der Waals surface area contributed by atoms with E-state index in [2.05, 4.69) is 0 Å². The van der Waals surface area contributed by atoms with Crippen molar-refractivity contribution in [3.63, 3.8) is 0 Å². The number of rotatable bonds is 3. The summed E-state index contributed by atoms with van der Waals surface area (Å²) >= 11 is 0. The van der Waals surface area contributed by atoms with Crippen LogP contribution in [-0.4, -0.2) is 14.2 Å². The van der Waals surface area contributed by atoms with Crippen molar-refractivity contribution in [2.75, 3.05) is 5.75 Å². The molecule has 1 aromatic rings. The Kier molecular flexibility index (Phi) is 3.38. The highest BCUT2D eigenvalue weighted by Crippen LogP contribution is 2.16. The van der Waals surface area contributed by atoms with Crippen LogP contribution in [0.4, 0.5) is 12.7 Å². The van der Waals surface area contributed by atoms with E-state index in [4.69, 9.17) is 0 Å². The molecule has 0 saturated carbocycles. The molecule has 0 amide bonds. The molecular weight excluding hydrogens is 229 g/mol. The second-order valence-electron chi connectivity index (χ2n) is 3.20. The fraction of sp³-hybridized carbons (Fsp3) is 0.333. The van der Waals surface area contributed by atoms with E-state index in [1.54, 1.807) is 0 Å². The highest BCUT2D eigenvalue weighted by Gasteiger charge is 2.14. The number of benzene rings is 1. The second kappa shape index (κ2) is 4.22. The van der Waals surface area contributed by atoms with Gasteiger partial charge in [0.05, 0.1) is 5.75 Å². The van der Waals surface area contributed by atoms with Gasteiger partial charge >= 0.3 is 10.2 Å². The van der Waals surface area contributed by atoms with Gasteiger partial charge in [-0.3, -0.25) is 0 Å². The van der Waals surface area contributed by atoms with Crippen LogP contribution in [0, 0.1) is 18.6 Å². The van der Waals surface area contributed by atoms with Gasteiger partial charge in [-0.2, -0.15) is 8.42 Å². The van der Waals surface area contributed by atoms with Crippen molar-refractivity contribution < 1.29 is 21.1 Å². The van der Waals surface area contributed by atoms with Gasteiger partial charge in [-0.25, -0.2) is 8.78 Å². The monoisotopic (exact) mass is 238 g/mol. The van der Waals surface area contributed by atoms with Gasteiger partial charge in [-0.05, 0) is 31.0 Å². The maximum Gasteiger partial charge on any atom is 0.302 e. The lowest BCUT2D eigenvalue weighted by molar-refractivity contribution is 0.541. The Morgan fingerprint density at radius 1 is 1.20 bits per heavy atom. The summed E-state index contributed by atoms with van der Waals surface area (Å²) in [4.78, 5) is 0. The summed E-state index contributed by atoms with van der Waals surface area (Å²) in [5.41, 5.74) is -0.0151. The number of hydrogen-bond acceptors (Lipinski definition) is 2. The molecule has 0 heterocycles. The van der Waals surface area contributed by atoms with Crippen LogP contribution in [0.25, 0.3) is 0 Å². The maximum absolute atomic E-state index is 13.1. The first-order valence-electron chi connectivity index (χ1n) is 4.16. The van der Waals surface area contributed by atoms with Gasteiger partial charge in [-0.1, -0.05) is 0 Å². The van der Waals surface area contributed by atoms with E-state index in [1.807, 2.05) is 0 Å². The Morgan fingerprint density at radius 2 is 1.67 bits per heavy atom. The highest BCUT2D eigenvalue weighted by molar-refractivity contribution is 7.86. The third kappa shape index (κ3) is 3.54. The predicted molar refractivity (Wildman–Crippen MR) is 49.7 cm³/mol. The molecule has 0 aromatic heterocycles. The molecule has 0 aliphatic carbocycles. The predicted octanol–water partition coefficient (Wildman–Crippen LogP) is 2.12. The van der Waals surface area contributed by atoms with E-state index in [9.17, 15) is 21.1 Å². The van der Waals surface area contributed by atoms with Crippen molar-refractivity contribution in [3.05, 3.63) is 34.9 Å². The summed E-state index contributed by atoms with van der Waals surface area (Å²) in [5, 5.41) is 0. The van der Waals surface area contributed by atoms with Crippen LogP contribution in [0.3, 0.4) is 0 Å². The molecule has 0 spiro atoms. The molecule has 1 aromatic carbocycles. The molecule has 0 aliphatic heterocycles. The topological polar surface area (TPSA) is 34.1 Å². The first-order chi connectivity index (χ1) is 6.79. The van der Waals surface area contributed by atoms with Crippen LogP contribution in [0.15, 0.2) is 12.1 Å². The minimum atomic E-state index is -4.70. The zero-order valence-corrected chi connectivity index (χ0v) is 8.74. The van der Waals surface area contributed by atoms with Crippen molar-refractivity contribution in [1.82, 2.24) is 0 Å². The highest BCUT2D eigenvalue weighted by atomic mass is 32.3. The molecule has 0 bridgehead atoms. The molecule has 15 heavy (non-hydrogen) atoms. The fourth-order valence-corrected chi connectivity index (χ4v) is 1.64. The number of halogens is 3. The molecule has 0 fully saturated rings. The van der Waals surface area contributed by atoms with Crippen molar-refractivity contribution in [2.24, 2.45) is 0 Å². The third-order valence-corrected chi connectivity index (χ3v) is 2.57. The zero-order valence-electron chi connectivity index (χ0n) is 7.93. The quantitative estimate of drug-likeness (QED) is 0.756. The molecule has 6 heteroatoms. The summed E-state index contributed by atoms with van der Waals surface area (Å²) < 4.78 is 58.8. The molecule has 0 radical (unpaired) electrons. The molecule has 2 nitrogen and oxygen atoms in total. The van der Waals surface area contributed by atoms with Gasteiger partial charge in [0.2, 0.25) is 0 Å². The summed E-state index contributed by atoms with van der Waals surface area (Å²) in [5.74, 6) is -2.61. The normalized spacial score (nSPS) is 11.7. The number of aryl methyl sites for hydroxylation is 1. The average molecular weight is 238 g/mol. The molecule has 0 atom stereocenters. The molecular formula is C9H9F3O2S. The Bertz CT molecular complexity index is 445. The molecule has 1 rings (SSSR count). The van der Waals surface area contributed by atoms with Crippen LogP contribution < -0.4 is 0 Å². The van der Waals surface area contributed by atoms with Gasteiger partial charge in [0, 0.05) is 5.56 Å². The van der Waals surface area contributed by atoms with Crippen molar-refractivity contribution >= 4 is 10.2 Å². The van der Waals surface area contributed by atoms with Gasteiger partial charge < -0.3 is 0 Å². The average Bonchev–Trinajstić information content (AvgIpc) is 1.99. The van der Waals surface area contributed by atoms with Crippen LogP contribution in [0.1, 0.15) is 11.1 Å². The van der Waals surface area contributed by atoms with Gasteiger partial charge in [-0.15, -0.1) is 3.89 Å². The van der Waals surface area contributed by atoms with Crippen LogP contribution in [-0.2, 0) is 16.6 Å². The first-order valence-corrected chi connectivity index (χ1v) is 5.72. The van der Waals surface area contributed by atoms with E-state index in [0.29, 0.717) is 5.56 Å². The lowest BCUT2D eigenvalue weighted by atomic mass is 10.1. The summed E-state index contributed by atoms with van der Waals surface area (Å²) in [6.07, 6.45) is -0.503. The Balaban J connectivity index is 2.96. The Labute approximate surface area is 85.9 Å². The minimum Gasteiger partial charge on any atom is -0.207 e. The minimum absolute atomic E-state index is 0.386. The summed E-state index contributed by atoms with van der Waals surface area (Å²) in [6, 6.07) is 2.15. The third-order valence-electron chi connectivity index (χ3n) is 1.88. The van der Waals surface area contributed by atoms with Crippen LogP contribution in [0.5, 0.6) is 0 Å². The molecule has 0 saturated heterocycles. The van der Waals surface area contributed by atoms with Crippen molar-refractivity contribution in [1.29, 1.82) is 0 Å². The molecule has 0 unspecified atom stereocenters. The largest absolute Gasteiger partial charge is 0.302 e. The lowest BCUT2D eigenvalue weighted by Crippen LogP contribution is -2.06. The smallest absolute Gasteiger partial charge is 0.207 e. The molecule has 0 N–H and O–H groups in total. The van der Waals surface area contributed by atoms with Crippen molar-refractivity contribution in [3.8, 4) is 0 Å². The van der Waals surface area contributed by atoms with Gasteiger partial charge in [0.25, 0.3) is 0 Å². The maximum atomic E-state index is 13.1. The van der Waals surface area contributed by atoms with Crippen molar-refractivity contribution in [2.45, 2.75) is 13.3 Å². The van der Waals surface area contributed by atoms with Crippen LogP contribution in [0.2, 0.25) is 0 Å². The molecule has 0 aliphatic rings. The SMILES string of the molecule is Cc1cc(F)c(CCS(=O)(=O)F)c(F)c1. The second-order valence-corrected chi connectivity index (χ2v) is 4.69. The Morgan fingerprint density at radius 3 is 2.07 bits per heavy atom. The van der Waals surface area contributed by atoms with Gasteiger partial charge in [0.1, 0.15) is 11.6 Å². The summed E-state index contributed by atoms with van der Waals surface area (Å²) in [7, 11) is -4.70. The Hall–Kier alpha value is -1.04. The zero-order chi connectivity index (χ0) is 11.6. The van der Waals surface area contributed by atoms with E-state index in [0.717, 1.165) is 12.1 Å². The lowest BCUT2D eigenvalue weighted by Gasteiger charge is -2.04. The summed E-state index contributed by atoms with van der Waals surface area (Å²) in [6.45, 7) is 1.50. The van der Waals surface area contributed by atoms with Gasteiger partial charge in [0.15, 0.2) is 0 Å².